The molecule has 2 aromatic rings. The Bertz CT molecular complexity index is 1020. The van der Waals surface area contributed by atoms with Crippen molar-refractivity contribution in [3.05, 3.63) is 69.5 Å². The number of carbonyl (C=O) groups excluding carboxylic acids is 1. The second-order valence-corrected chi connectivity index (χ2v) is 10.3. The number of hydrogen-bond acceptors (Lipinski definition) is 3. The molecule has 2 unspecified atom stereocenters. The van der Waals surface area contributed by atoms with Crippen molar-refractivity contribution in [2.45, 2.75) is 31.6 Å². The third kappa shape index (κ3) is 5.72. The summed E-state index contributed by atoms with van der Waals surface area (Å²) in [5.41, 5.74) is 1.25. The minimum Gasteiger partial charge on any atom is -0.349 e. The van der Waals surface area contributed by atoms with E-state index in [9.17, 15) is 17.6 Å². The predicted octanol–water partition coefficient (Wildman–Crippen LogP) is 4.55. The average Bonchev–Trinajstić information content (AvgIpc) is 2.70. The monoisotopic (exact) mass is 472 g/mol. The minimum absolute atomic E-state index is 0.121. The van der Waals surface area contributed by atoms with Crippen molar-refractivity contribution in [2.75, 3.05) is 13.1 Å². The fourth-order valence-corrected chi connectivity index (χ4v) is 5.70. The highest BCUT2D eigenvalue weighted by Gasteiger charge is 2.33. The standard InChI is InChI=1S/C21H23Cl2FN2O3S/c1-14(15-5-8-19(24)9-6-15)25-21(27)16-3-2-10-26(12-16)30(28,29)13-17-4-7-18(22)11-20(17)23/h4-9,11,14,16H,2-3,10,12-13H2,1H3,(H,25,27). The fourth-order valence-electron chi connectivity index (χ4n) is 3.50. The molecule has 0 aromatic heterocycles. The molecular formula is C21H23Cl2FN2O3S. The maximum Gasteiger partial charge on any atom is 0.224 e. The van der Waals surface area contributed by atoms with Crippen LogP contribution in [-0.4, -0.2) is 31.7 Å². The van der Waals surface area contributed by atoms with Crippen LogP contribution in [0.4, 0.5) is 4.39 Å². The Kier molecular flexibility index (Phi) is 7.39. The molecule has 2 atom stereocenters. The van der Waals surface area contributed by atoms with Crippen LogP contribution in [0.15, 0.2) is 42.5 Å². The number of nitrogens with one attached hydrogen (secondary N) is 1. The maximum atomic E-state index is 13.1. The van der Waals surface area contributed by atoms with E-state index >= 15 is 0 Å². The number of piperidine rings is 1. The summed E-state index contributed by atoms with van der Waals surface area (Å²) in [7, 11) is -3.64. The summed E-state index contributed by atoms with van der Waals surface area (Å²) in [6.07, 6.45) is 1.20. The van der Waals surface area contributed by atoms with E-state index in [1.165, 1.54) is 22.5 Å². The maximum absolute atomic E-state index is 13.1. The molecule has 1 amide bonds. The van der Waals surface area contributed by atoms with Crippen molar-refractivity contribution in [1.29, 1.82) is 0 Å². The van der Waals surface area contributed by atoms with Crippen LogP contribution in [0.2, 0.25) is 10.0 Å². The van der Waals surface area contributed by atoms with Gasteiger partial charge in [0, 0.05) is 23.1 Å². The van der Waals surface area contributed by atoms with E-state index in [2.05, 4.69) is 5.32 Å². The summed E-state index contributed by atoms with van der Waals surface area (Å²) < 4.78 is 40.3. The quantitative estimate of drug-likeness (QED) is 0.670. The number of halogens is 3. The first-order valence-corrected chi connectivity index (χ1v) is 12.0. The number of amides is 1. The van der Waals surface area contributed by atoms with E-state index in [1.807, 2.05) is 6.92 Å². The number of carbonyl (C=O) groups is 1. The van der Waals surface area contributed by atoms with Gasteiger partial charge >= 0.3 is 0 Å². The zero-order chi connectivity index (χ0) is 21.9. The molecule has 1 aliphatic rings. The van der Waals surface area contributed by atoms with Crippen molar-refractivity contribution in [2.24, 2.45) is 5.92 Å². The molecule has 162 valence electrons. The lowest BCUT2D eigenvalue weighted by atomic mass is 9.98. The van der Waals surface area contributed by atoms with Gasteiger partial charge in [-0.05, 0) is 55.2 Å². The van der Waals surface area contributed by atoms with Crippen molar-refractivity contribution in [3.63, 3.8) is 0 Å². The molecule has 1 fully saturated rings. The highest BCUT2D eigenvalue weighted by atomic mass is 35.5. The van der Waals surface area contributed by atoms with Crippen LogP contribution in [0.5, 0.6) is 0 Å². The second kappa shape index (κ2) is 9.64. The molecule has 1 saturated heterocycles. The summed E-state index contributed by atoms with van der Waals surface area (Å²) in [6.45, 7) is 2.30. The summed E-state index contributed by atoms with van der Waals surface area (Å²) in [6, 6.07) is 10.3. The van der Waals surface area contributed by atoms with Gasteiger partial charge in [0.05, 0.1) is 17.7 Å². The third-order valence-electron chi connectivity index (χ3n) is 5.23. The number of sulfonamides is 1. The number of nitrogens with zero attached hydrogens (tertiary/aromatic N) is 1. The van der Waals surface area contributed by atoms with Crippen LogP contribution in [0.25, 0.3) is 0 Å². The van der Waals surface area contributed by atoms with Crippen LogP contribution >= 0.6 is 23.2 Å². The van der Waals surface area contributed by atoms with Gasteiger partial charge in [-0.3, -0.25) is 4.79 Å². The smallest absolute Gasteiger partial charge is 0.224 e. The van der Waals surface area contributed by atoms with Crippen LogP contribution < -0.4 is 5.32 Å². The first kappa shape index (κ1) is 23.0. The van der Waals surface area contributed by atoms with Crippen LogP contribution in [0.1, 0.15) is 36.9 Å². The Balaban J connectivity index is 1.64. The van der Waals surface area contributed by atoms with Crippen molar-refractivity contribution >= 4 is 39.1 Å². The van der Waals surface area contributed by atoms with Gasteiger partial charge in [0.15, 0.2) is 0 Å². The first-order valence-electron chi connectivity index (χ1n) is 9.63. The molecule has 2 aromatic carbocycles. The molecule has 0 radical (unpaired) electrons. The molecule has 5 nitrogen and oxygen atoms in total. The topological polar surface area (TPSA) is 66.5 Å². The summed E-state index contributed by atoms with van der Waals surface area (Å²) in [5.74, 6) is -1.25. The minimum atomic E-state index is -3.64. The second-order valence-electron chi connectivity index (χ2n) is 7.47. The average molecular weight is 473 g/mol. The molecule has 0 saturated carbocycles. The molecule has 0 spiro atoms. The Morgan fingerprint density at radius 2 is 1.93 bits per heavy atom. The molecular weight excluding hydrogens is 450 g/mol. The Hall–Kier alpha value is -1.67. The zero-order valence-corrected chi connectivity index (χ0v) is 18.8. The normalized spacial score (nSPS) is 18.7. The summed E-state index contributed by atoms with van der Waals surface area (Å²) in [4.78, 5) is 12.7. The SMILES string of the molecule is CC(NC(=O)C1CCCN(S(=O)(=O)Cc2ccc(Cl)cc2Cl)C1)c1ccc(F)cc1. The van der Waals surface area contributed by atoms with Crippen molar-refractivity contribution < 1.29 is 17.6 Å². The van der Waals surface area contributed by atoms with E-state index in [0.29, 0.717) is 35.0 Å². The van der Waals surface area contributed by atoms with E-state index in [1.54, 1.807) is 24.3 Å². The van der Waals surface area contributed by atoms with E-state index < -0.39 is 15.9 Å². The zero-order valence-electron chi connectivity index (χ0n) is 16.4. The Morgan fingerprint density at radius 3 is 2.60 bits per heavy atom. The Labute approximate surface area is 186 Å². The largest absolute Gasteiger partial charge is 0.349 e. The van der Waals surface area contributed by atoms with Gasteiger partial charge in [-0.1, -0.05) is 41.4 Å². The van der Waals surface area contributed by atoms with Gasteiger partial charge in [-0.2, -0.15) is 0 Å². The van der Waals surface area contributed by atoms with Crippen LogP contribution in [0, 0.1) is 11.7 Å². The molecule has 3 rings (SSSR count). The fraction of sp³-hybridized carbons (Fsp3) is 0.381. The number of rotatable bonds is 6. The first-order chi connectivity index (χ1) is 14.2. The van der Waals surface area contributed by atoms with Crippen molar-refractivity contribution in [3.8, 4) is 0 Å². The number of hydrogen-bond donors (Lipinski definition) is 1. The Morgan fingerprint density at radius 1 is 1.23 bits per heavy atom. The molecule has 0 aliphatic carbocycles. The molecule has 1 aliphatic heterocycles. The van der Waals surface area contributed by atoms with Crippen LogP contribution in [-0.2, 0) is 20.6 Å². The lowest BCUT2D eigenvalue weighted by molar-refractivity contribution is -0.126. The molecule has 30 heavy (non-hydrogen) atoms. The summed E-state index contributed by atoms with van der Waals surface area (Å²) >= 11 is 12.0. The van der Waals surface area contributed by atoms with Gasteiger partial charge < -0.3 is 5.32 Å². The van der Waals surface area contributed by atoms with E-state index in [-0.39, 0.29) is 30.1 Å². The van der Waals surface area contributed by atoms with Gasteiger partial charge in [-0.25, -0.2) is 17.1 Å². The highest BCUT2D eigenvalue weighted by Crippen LogP contribution is 2.26. The van der Waals surface area contributed by atoms with Gasteiger partial charge in [-0.15, -0.1) is 0 Å². The molecule has 9 heteroatoms. The summed E-state index contributed by atoms with van der Waals surface area (Å²) in [5, 5.41) is 3.64. The predicted molar refractivity (Wildman–Crippen MR) is 116 cm³/mol. The van der Waals surface area contributed by atoms with Crippen molar-refractivity contribution in [1.82, 2.24) is 9.62 Å². The lowest BCUT2D eigenvalue weighted by Crippen LogP contribution is -2.46. The van der Waals surface area contributed by atoms with Gasteiger partial charge in [0.25, 0.3) is 0 Å². The molecule has 1 N–H and O–H groups in total. The molecule has 0 bridgehead atoms. The number of benzene rings is 2. The van der Waals surface area contributed by atoms with Crippen LogP contribution in [0.3, 0.4) is 0 Å². The highest BCUT2D eigenvalue weighted by molar-refractivity contribution is 7.88. The van der Waals surface area contributed by atoms with E-state index in [4.69, 9.17) is 23.2 Å². The van der Waals surface area contributed by atoms with Gasteiger partial charge in [0.2, 0.25) is 15.9 Å². The molecule has 1 heterocycles. The lowest BCUT2D eigenvalue weighted by Gasteiger charge is -2.32. The third-order valence-corrected chi connectivity index (χ3v) is 7.61. The van der Waals surface area contributed by atoms with E-state index in [0.717, 1.165) is 5.56 Å². The van der Waals surface area contributed by atoms with Gasteiger partial charge in [0.1, 0.15) is 5.82 Å².